The summed E-state index contributed by atoms with van der Waals surface area (Å²) in [4.78, 5) is 5.35. The van der Waals surface area contributed by atoms with Gasteiger partial charge in [-0.05, 0) is 25.1 Å². The maximum absolute atomic E-state index is 5.77. The summed E-state index contributed by atoms with van der Waals surface area (Å²) in [6.07, 6.45) is 1.49. The first-order valence-electron chi connectivity index (χ1n) is 6.94. The Kier molecular flexibility index (Phi) is 5.63. The molecule has 18 heavy (non-hydrogen) atoms. The Morgan fingerprint density at radius 1 is 1.39 bits per heavy atom. The third kappa shape index (κ3) is 4.05. The molecule has 0 aliphatic carbocycles. The van der Waals surface area contributed by atoms with Crippen molar-refractivity contribution in [3.8, 4) is 0 Å². The smallest absolute Gasteiger partial charge is 0.0826 e. The number of hydrogen-bond acceptors (Lipinski definition) is 4. The van der Waals surface area contributed by atoms with E-state index in [4.69, 9.17) is 4.74 Å². The van der Waals surface area contributed by atoms with Crippen LogP contribution in [-0.4, -0.2) is 43.8 Å². The van der Waals surface area contributed by atoms with Gasteiger partial charge in [-0.1, -0.05) is 13.8 Å². The molecule has 1 aliphatic rings. The topological polar surface area (TPSA) is 24.5 Å². The van der Waals surface area contributed by atoms with Crippen LogP contribution < -0.4 is 5.32 Å². The molecule has 3 nitrogen and oxygen atoms in total. The predicted molar refractivity (Wildman–Crippen MR) is 77.3 cm³/mol. The fraction of sp³-hybridized carbons (Fsp3) is 0.714. The number of thiophene rings is 1. The zero-order valence-electron chi connectivity index (χ0n) is 11.4. The average Bonchev–Trinajstić information content (AvgIpc) is 2.87. The maximum atomic E-state index is 5.77. The van der Waals surface area contributed by atoms with Gasteiger partial charge in [-0.3, -0.25) is 4.90 Å². The molecule has 2 rings (SSSR count). The van der Waals surface area contributed by atoms with E-state index >= 15 is 0 Å². The molecule has 1 aromatic heterocycles. The second-order valence-corrected chi connectivity index (χ2v) is 5.99. The first-order chi connectivity index (χ1) is 8.81. The van der Waals surface area contributed by atoms with Crippen molar-refractivity contribution in [3.63, 3.8) is 0 Å². The van der Waals surface area contributed by atoms with Crippen LogP contribution >= 0.6 is 11.3 Å². The van der Waals surface area contributed by atoms with Gasteiger partial charge < -0.3 is 10.1 Å². The maximum Gasteiger partial charge on any atom is 0.0826 e. The zero-order valence-corrected chi connectivity index (χ0v) is 12.3. The number of nitrogens with zero attached hydrogens (tertiary/aromatic N) is 1. The summed E-state index contributed by atoms with van der Waals surface area (Å²) >= 11 is 1.91. The molecule has 0 aromatic carbocycles. The van der Waals surface area contributed by atoms with Crippen LogP contribution in [-0.2, 0) is 17.7 Å². The van der Waals surface area contributed by atoms with Crippen molar-refractivity contribution in [1.82, 2.24) is 10.2 Å². The fourth-order valence-electron chi connectivity index (χ4n) is 2.25. The lowest BCUT2D eigenvalue weighted by Gasteiger charge is -2.32. The predicted octanol–water partition coefficient (Wildman–Crippen LogP) is 2.12. The van der Waals surface area contributed by atoms with Crippen molar-refractivity contribution >= 4 is 11.3 Å². The minimum atomic E-state index is 0.351. The molecule has 0 saturated carbocycles. The normalized spacial score (nSPS) is 21.3. The first kappa shape index (κ1) is 14.0. The molecular formula is C14H24N2OS. The van der Waals surface area contributed by atoms with E-state index in [2.05, 4.69) is 36.2 Å². The molecule has 0 amide bonds. The molecule has 1 fully saturated rings. The molecule has 0 spiro atoms. The monoisotopic (exact) mass is 268 g/mol. The van der Waals surface area contributed by atoms with Crippen molar-refractivity contribution in [2.75, 3.05) is 32.8 Å². The standard InChI is InChI=1S/C14H24N2OS/c1-3-13-5-6-14(18-13)10-15-9-12-11-16(4-2)7-8-17-12/h5-6,12,15H,3-4,7-11H2,1-2H3. The molecule has 0 radical (unpaired) electrons. The van der Waals surface area contributed by atoms with Crippen LogP contribution in [0.5, 0.6) is 0 Å². The molecule has 1 unspecified atom stereocenters. The minimum Gasteiger partial charge on any atom is -0.374 e. The Hall–Kier alpha value is -0.420. The van der Waals surface area contributed by atoms with Gasteiger partial charge in [0, 0.05) is 35.9 Å². The number of morpholine rings is 1. The van der Waals surface area contributed by atoms with Crippen molar-refractivity contribution in [2.24, 2.45) is 0 Å². The quantitative estimate of drug-likeness (QED) is 0.855. The minimum absolute atomic E-state index is 0.351. The Labute approximate surface area is 114 Å². The van der Waals surface area contributed by atoms with E-state index in [0.717, 1.165) is 45.8 Å². The van der Waals surface area contributed by atoms with Crippen molar-refractivity contribution < 1.29 is 4.74 Å². The van der Waals surface area contributed by atoms with Crippen LogP contribution in [0.15, 0.2) is 12.1 Å². The highest BCUT2D eigenvalue weighted by Crippen LogP contribution is 2.16. The summed E-state index contributed by atoms with van der Waals surface area (Å²) in [5, 5.41) is 3.51. The van der Waals surface area contributed by atoms with Crippen LogP contribution in [0.3, 0.4) is 0 Å². The molecule has 4 heteroatoms. The Morgan fingerprint density at radius 2 is 2.22 bits per heavy atom. The fourth-order valence-corrected chi connectivity index (χ4v) is 3.18. The third-order valence-corrected chi connectivity index (χ3v) is 4.64. The van der Waals surface area contributed by atoms with Gasteiger partial charge in [0.15, 0.2) is 0 Å². The summed E-state index contributed by atoms with van der Waals surface area (Å²) in [7, 11) is 0. The number of hydrogen-bond donors (Lipinski definition) is 1. The van der Waals surface area contributed by atoms with E-state index < -0.39 is 0 Å². The number of ether oxygens (including phenoxy) is 1. The second-order valence-electron chi connectivity index (χ2n) is 4.74. The second kappa shape index (κ2) is 7.24. The van der Waals surface area contributed by atoms with Gasteiger partial charge in [-0.25, -0.2) is 0 Å². The van der Waals surface area contributed by atoms with Crippen LogP contribution in [0.2, 0.25) is 0 Å². The summed E-state index contributed by atoms with van der Waals surface area (Å²) < 4.78 is 5.77. The largest absolute Gasteiger partial charge is 0.374 e. The SMILES string of the molecule is CCc1ccc(CNCC2CN(CC)CCO2)s1. The summed E-state index contributed by atoms with van der Waals surface area (Å²) in [6.45, 7) is 10.5. The molecule has 1 atom stereocenters. The van der Waals surface area contributed by atoms with Gasteiger partial charge >= 0.3 is 0 Å². The first-order valence-corrected chi connectivity index (χ1v) is 7.75. The molecule has 102 valence electrons. The van der Waals surface area contributed by atoms with E-state index in [0.29, 0.717) is 6.10 Å². The summed E-state index contributed by atoms with van der Waals surface area (Å²) in [6, 6.07) is 4.47. The van der Waals surface area contributed by atoms with Crippen molar-refractivity contribution in [2.45, 2.75) is 32.9 Å². The van der Waals surface area contributed by atoms with Crippen molar-refractivity contribution in [1.29, 1.82) is 0 Å². The highest BCUT2D eigenvalue weighted by molar-refractivity contribution is 7.11. The summed E-state index contributed by atoms with van der Waals surface area (Å²) in [5.74, 6) is 0. The number of likely N-dealkylation sites (N-methyl/N-ethyl adjacent to an activating group) is 1. The highest BCUT2D eigenvalue weighted by atomic mass is 32.1. The van der Waals surface area contributed by atoms with E-state index in [1.165, 1.54) is 9.75 Å². The van der Waals surface area contributed by atoms with Crippen molar-refractivity contribution in [3.05, 3.63) is 21.9 Å². The summed E-state index contributed by atoms with van der Waals surface area (Å²) in [5.41, 5.74) is 0. The number of nitrogens with one attached hydrogen (secondary N) is 1. The molecule has 2 heterocycles. The Morgan fingerprint density at radius 3 is 2.94 bits per heavy atom. The van der Waals surface area contributed by atoms with Gasteiger partial charge in [0.2, 0.25) is 0 Å². The van der Waals surface area contributed by atoms with Gasteiger partial charge in [0.1, 0.15) is 0 Å². The van der Waals surface area contributed by atoms with Gasteiger partial charge in [-0.15, -0.1) is 11.3 Å². The van der Waals surface area contributed by atoms with Crippen LogP contribution in [0, 0.1) is 0 Å². The van der Waals surface area contributed by atoms with E-state index in [1.807, 2.05) is 11.3 Å². The Bertz CT molecular complexity index is 353. The molecule has 1 aromatic rings. The molecule has 1 aliphatic heterocycles. The molecular weight excluding hydrogens is 244 g/mol. The molecule has 1 saturated heterocycles. The van der Waals surface area contributed by atoms with Crippen LogP contribution in [0.1, 0.15) is 23.6 Å². The van der Waals surface area contributed by atoms with Crippen LogP contribution in [0.4, 0.5) is 0 Å². The van der Waals surface area contributed by atoms with Gasteiger partial charge in [-0.2, -0.15) is 0 Å². The van der Waals surface area contributed by atoms with Crippen LogP contribution in [0.25, 0.3) is 0 Å². The Balaban J connectivity index is 1.68. The lowest BCUT2D eigenvalue weighted by atomic mass is 10.2. The van der Waals surface area contributed by atoms with E-state index in [1.54, 1.807) is 0 Å². The molecule has 1 N–H and O–H groups in total. The number of rotatable bonds is 6. The zero-order chi connectivity index (χ0) is 12.8. The lowest BCUT2D eigenvalue weighted by Crippen LogP contribution is -2.46. The van der Waals surface area contributed by atoms with Gasteiger partial charge in [0.25, 0.3) is 0 Å². The third-order valence-electron chi connectivity index (χ3n) is 3.41. The van der Waals surface area contributed by atoms with E-state index in [-0.39, 0.29) is 0 Å². The van der Waals surface area contributed by atoms with Gasteiger partial charge in [0.05, 0.1) is 12.7 Å². The van der Waals surface area contributed by atoms with E-state index in [9.17, 15) is 0 Å². The number of aryl methyl sites for hydroxylation is 1. The lowest BCUT2D eigenvalue weighted by molar-refractivity contribution is -0.0253. The molecule has 0 bridgehead atoms. The average molecular weight is 268 g/mol. The highest BCUT2D eigenvalue weighted by Gasteiger charge is 2.18.